The fraction of sp³-hybridized carbons (Fsp3) is 0.154. The molecule has 2 heterocycles. The van der Waals surface area contributed by atoms with Crippen LogP contribution in [0.3, 0.4) is 0 Å². The Morgan fingerprint density at radius 3 is 2.74 bits per heavy atom. The second kappa shape index (κ2) is 4.99. The van der Waals surface area contributed by atoms with Crippen molar-refractivity contribution in [3.8, 4) is 0 Å². The number of H-pyrrole nitrogens is 1. The van der Waals surface area contributed by atoms with Gasteiger partial charge in [-0.25, -0.2) is 15.0 Å². The first-order valence-electron chi connectivity index (χ1n) is 5.77. The lowest BCUT2D eigenvalue weighted by molar-refractivity contribution is 0.211. The maximum Gasteiger partial charge on any atom is 0.189 e. The predicted octanol–water partition coefficient (Wildman–Crippen LogP) is 2.16. The van der Waals surface area contributed by atoms with E-state index in [1.165, 1.54) is 11.8 Å². The zero-order chi connectivity index (χ0) is 13.2. The fourth-order valence-electron chi connectivity index (χ4n) is 1.83. The maximum absolute atomic E-state index is 10.3. The summed E-state index contributed by atoms with van der Waals surface area (Å²) in [7, 11) is 0. The standard InChI is InChI=1S/C13H12N4OS/c1-19-13-14-7-9-11(17-13)16-12(15-9)10(18)8-5-3-2-4-6-8/h2-7,10,18H,1H3,(H,14,15,16,17)/t10-/m0/s1. The number of rotatable bonds is 3. The summed E-state index contributed by atoms with van der Waals surface area (Å²) in [5.41, 5.74) is 2.09. The summed E-state index contributed by atoms with van der Waals surface area (Å²) < 4.78 is 0. The van der Waals surface area contributed by atoms with Gasteiger partial charge in [0.05, 0.1) is 6.20 Å². The minimum Gasteiger partial charge on any atom is -0.380 e. The molecule has 19 heavy (non-hydrogen) atoms. The van der Waals surface area contributed by atoms with Crippen molar-refractivity contribution in [1.82, 2.24) is 19.9 Å². The molecule has 3 aromatic rings. The molecule has 1 atom stereocenters. The Labute approximate surface area is 114 Å². The zero-order valence-corrected chi connectivity index (χ0v) is 11.1. The van der Waals surface area contributed by atoms with Crippen LogP contribution in [0.25, 0.3) is 11.2 Å². The van der Waals surface area contributed by atoms with E-state index in [0.717, 1.165) is 11.1 Å². The SMILES string of the molecule is CSc1ncc2[nH]c([C@@H](O)c3ccccc3)nc2n1. The summed E-state index contributed by atoms with van der Waals surface area (Å²) in [4.78, 5) is 15.8. The Kier molecular flexibility index (Phi) is 3.18. The molecule has 0 aliphatic rings. The van der Waals surface area contributed by atoms with Gasteiger partial charge in [-0.2, -0.15) is 0 Å². The highest BCUT2D eigenvalue weighted by molar-refractivity contribution is 7.98. The summed E-state index contributed by atoms with van der Waals surface area (Å²) in [6.07, 6.45) is 2.81. The van der Waals surface area contributed by atoms with E-state index in [9.17, 15) is 5.11 Å². The molecule has 0 unspecified atom stereocenters. The third kappa shape index (κ3) is 2.32. The largest absolute Gasteiger partial charge is 0.380 e. The Hall–Kier alpha value is -1.92. The minimum absolute atomic E-state index is 0.480. The van der Waals surface area contributed by atoms with Crippen LogP contribution in [-0.4, -0.2) is 31.3 Å². The molecule has 0 aliphatic carbocycles. The number of nitrogens with one attached hydrogen (secondary N) is 1. The van der Waals surface area contributed by atoms with Gasteiger partial charge in [-0.1, -0.05) is 42.1 Å². The Morgan fingerprint density at radius 2 is 2.00 bits per heavy atom. The normalized spacial score (nSPS) is 12.7. The first-order chi connectivity index (χ1) is 9.28. The lowest BCUT2D eigenvalue weighted by atomic mass is 10.1. The van der Waals surface area contributed by atoms with Gasteiger partial charge in [0.15, 0.2) is 10.8 Å². The molecule has 96 valence electrons. The Bertz CT molecular complexity index is 698. The molecule has 0 bridgehead atoms. The number of thioether (sulfide) groups is 1. The van der Waals surface area contributed by atoms with Gasteiger partial charge >= 0.3 is 0 Å². The number of aliphatic hydroxyl groups excluding tert-OH is 1. The molecule has 0 aliphatic heterocycles. The van der Waals surface area contributed by atoms with Gasteiger partial charge in [0.2, 0.25) is 0 Å². The number of imidazole rings is 1. The van der Waals surface area contributed by atoms with Crippen LogP contribution in [0.1, 0.15) is 17.5 Å². The van der Waals surface area contributed by atoms with Crippen LogP contribution in [-0.2, 0) is 0 Å². The zero-order valence-electron chi connectivity index (χ0n) is 10.2. The lowest BCUT2D eigenvalue weighted by Crippen LogP contribution is -2.01. The van der Waals surface area contributed by atoms with Gasteiger partial charge in [0.25, 0.3) is 0 Å². The van der Waals surface area contributed by atoms with Crippen molar-refractivity contribution in [3.05, 3.63) is 47.9 Å². The highest BCUT2D eigenvalue weighted by Crippen LogP contribution is 2.21. The van der Waals surface area contributed by atoms with Crippen molar-refractivity contribution in [2.45, 2.75) is 11.3 Å². The molecule has 0 fully saturated rings. The van der Waals surface area contributed by atoms with Crippen LogP contribution in [0.5, 0.6) is 0 Å². The number of aromatic nitrogens is 4. The van der Waals surface area contributed by atoms with Crippen LogP contribution in [0, 0.1) is 0 Å². The molecular weight excluding hydrogens is 260 g/mol. The molecule has 5 nitrogen and oxygen atoms in total. The van der Waals surface area contributed by atoms with Gasteiger partial charge in [0.1, 0.15) is 17.4 Å². The van der Waals surface area contributed by atoms with Crippen LogP contribution in [0.4, 0.5) is 0 Å². The molecule has 6 heteroatoms. The molecule has 2 aromatic heterocycles. The molecule has 1 aromatic carbocycles. The van der Waals surface area contributed by atoms with E-state index in [1.807, 2.05) is 36.6 Å². The van der Waals surface area contributed by atoms with Gasteiger partial charge in [-0.05, 0) is 11.8 Å². The Balaban J connectivity index is 2.01. The molecule has 0 saturated carbocycles. The summed E-state index contributed by atoms with van der Waals surface area (Å²) in [5.74, 6) is 0.480. The number of aliphatic hydroxyl groups is 1. The van der Waals surface area contributed by atoms with Crippen molar-refractivity contribution in [1.29, 1.82) is 0 Å². The average Bonchev–Trinajstić information content (AvgIpc) is 2.90. The first kappa shape index (κ1) is 12.1. The number of hydrogen-bond donors (Lipinski definition) is 2. The smallest absolute Gasteiger partial charge is 0.189 e. The molecule has 0 radical (unpaired) electrons. The predicted molar refractivity (Wildman–Crippen MR) is 74.0 cm³/mol. The van der Waals surface area contributed by atoms with Gasteiger partial charge in [0, 0.05) is 0 Å². The van der Waals surface area contributed by atoms with E-state index < -0.39 is 6.10 Å². The molecule has 0 amide bonds. The Morgan fingerprint density at radius 1 is 1.21 bits per heavy atom. The second-order valence-corrected chi connectivity index (χ2v) is 4.80. The molecule has 3 rings (SSSR count). The third-order valence-corrected chi connectivity index (χ3v) is 3.35. The average molecular weight is 272 g/mol. The van der Waals surface area contributed by atoms with E-state index in [1.54, 1.807) is 6.20 Å². The van der Waals surface area contributed by atoms with Crippen molar-refractivity contribution >= 4 is 22.9 Å². The van der Waals surface area contributed by atoms with E-state index >= 15 is 0 Å². The highest BCUT2D eigenvalue weighted by atomic mass is 32.2. The van der Waals surface area contributed by atoms with E-state index in [0.29, 0.717) is 16.6 Å². The van der Waals surface area contributed by atoms with Crippen molar-refractivity contribution in [2.75, 3.05) is 6.26 Å². The van der Waals surface area contributed by atoms with Gasteiger partial charge in [-0.15, -0.1) is 0 Å². The monoisotopic (exact) mass is 272 g/mol. The van der Waals surface area contributed by atoms with Gasteiger partial charge < -0.3 is 10.1 Å². The van der Waals surface area contributed by atoms with Crippen LogP contribution in [0.2, 0.25) is 0 Å². The van der Waals surface area contributed by atoms with Gasteiger partial charge in [-0.3, -0.25) is 0 Å². The van der Waals surface area contributed by atoms with Crippen molar-refractivity contribution in [3.63, 3.8) is 0 Å². The summed E-state index contributed by atoms with van der Waals surface area (Å²) in [6.45, 7) is 0. The van der Waals surface area contributed by atoms with E-state index in [2.05, 4.69) is 19.9 Å². The summed E-state index contributed by atoms with van der Waals surface area (Å²) >= 11 is 1.46. The minimum atomic E-state index is -0.784. The quantitative estimate of drug-likeness (QED) is 0.564. The topological polar surface area (TPSA) is 74.7 Å². The van der Waals surface area contributed by atoms with Crippen LogP contribution in [0.15, 0.2) is 41.7 Å². The number of benzene rings is 1. The maximum atomic E-state index is 10.3. The number of hydrogen-bond acceptors (Lipinski definition) is 5. The molecule has 2 N–H and O–H groups in total. The lowest BCUT2D eigenvalue weighted by Gasteiger charge is -2.06. The van der Waals surface area contributed by atoms with Crippen molar-refractivity contribution in [2.24, 2.45) is 0 Å². The second-order valence-electron chi connectivity index (χ2n) is 4.03. The fourth-order valence-corrected chi connectivity index (χ4v) is 2.17. The summed E-state index contributed by atoms with van der Waals surface area (Å²) in [6, 6.07) is 9.39. The molecule has 0 saturated heterocycles. The van der Waals surface area contributed by atoms with E-state index in [4.69, 9.17) is 0 Å². The van der Waals surface area contributed by atoms with Crippen molar-refractivity contribution < 1.29 is 5.11 Å². The third-order valence-electron chi connectivity index (χ3n) is 2.79. The number of aromatic amines is 1. The van der Waals surface area contributed by atoms with E-state index in [-0.39, 0.29) is 0 Å². The van der Waals surface area contributed by atoms with Crippen LogP contribution >= 0.6 is 11.8 Å². The first-order valence-corrected chi connectivity index (χ1v) is 7.00. The summed E-state index contributed by atoms with van der Waals surface area (Å²) in [5, 5.41) is 10.9. The molecular formula is C13H12N4OS. The highest BCUT2D eigenvalue weighted by Gasteiger charge is 2.15. The molecule has 0 spiro atoms. The number of nitrogens with zero attached hydrogens (tertiary/aromatic N) is 3. The number of fused-ring (bicyclic) bond motifs is 1. The van der Waals surface area contributed by atoms with Crippen LogP contribution < -0.4 is 0 Å².